The first kappa shape index (κ1) is 14.6. The third-order valence-electron chi connectivity index (χ3n) is 3.06. The molecule has 0 fully saturated rings. The summed E-state index contributed by atoms with van der Waals surface area (Å²) >= 11 is 0. The van der Waals surface area contributed by atoms with E-state index >= 15 is 0 Å². The molecule has 2 heteroatoms. The third-order valence-corrected chi connectivity index (χ3v) is 3.06. The van der Waals surface area contributed by atoms with Gasteiger partial charge in [0.1, 0.15) is 11.9 Å². The smallest absolute Gasteiger partial charge is 0.119 e. The van der Waals surface area contributed by atoms with Crippen molar-refractivity contribution in [1.82, 2.24) is 5.32 Å². The maximum atomic E-state index is 5.80. The molecule has 0 bridgehead atoms. The normalized spacial score (nSPS) is 13.7. The lowest BCUT2D eigenvalue weighted by atomic mass is 9.99. The SMILES string of the molecule is C#CCNCC(C)Oc1ccc(C(C)CC)cc1. The molecular weight excluding hydrogens is 222 g/mol. The van der Waals surface area contributed by atoms with Crippen LogP contribution >= 0.6 is 0 Å². The first-order valence-electron chi connectivity index (χ1n) is 6.58. The van der Waals surface area contributed by atoms with Crippen LogP contribution in [-0.2, 0) is 0 Å². The van der Waals surface area contributed by atoms with Gasteiger partial charge in [-0.25, -0.2) is 0 Å². The van der Waals surface area contributed by atoms with Gasteiger partial charge in [-0.2, -0.15) is 0 Å². The third kappa shape index (κ3) is 4.81. The predicted octanol–water partition coefficient (Wildman–Crippen LogP) is 3.19. The number of benzene rings is 1. The van der Waals surface area contributed by atoms with Crippen LogP contribution in [0.2, 0.25) is 0 Å². The van der Waals surface area contributed by atoms with Gasteiger partial charge < -0.3 is 10.1 Å². The van der Waals surface area contributed by atoms with Gasteiger partial charge in [0.2, 0.25) is 0 Å². The summed E-state index contributed by atoms with van der Waals surface area (Å²) in [4.78, 5) is 0. The zero-order valence-electron chi connectivity index (χ0n) is 11.6. The second kappa shape index (κ2) is 7.79. The Hall–Kier alpha value is -1.46. The zero-order chi connectivity index (χ0) is 13.4. The average Bonchev–Trinajstić information content (AvgIpc) is 2.39. The van der Waals surface area contributed by atoms with Crippen molar-refractivity contribution in [2.24, 2.45) is 0 Å². The molecule has 98 valence electrons. The second-order valence-corrected chi connectivity index (χ2v) is 4.64. The fourth-order valence-electron chi connectivity index (χ4n) is 1.73. The van der Waals surface area contributed by atoms with E-state index in [-0.39, 0.29) is 6.10 Å². The molecule has 0 aliphatic rings. The van der Waals surface area contributed by atoms with E-state index in [0.717, 1.165) is 18.7 Å². The molecule has 0 heterocycles. The summed E-state index contributed by atoms with van der Waals surface area (Å²) in [6, 6.07) is 8.37. The number of terminal acetylenes is 1. The van der Waals surface area contributed by atoms with E-state index in [0.29, 0.717) is 12.5 Å². The highest BCUT2D eigenvalue weighted by atomic mass is 16.5. The minimum atomic E-state index is 0.118. The standard InChI is InChI=1S/C16H23NO/c1-5-11-17-12-14(4)18-16-9-7-15(8-10-16)13(3)6-2/h1,7-10,13-14,17H,6,11-12H2,2-4H3. The highest BCUT2D eigenvalue weighted by molar-refractivity contribution is 5.29. The Morgan fingerprint density at radius 1 is 1.28 bits per heavy atom. The van der Waals surface area contributed by atoms with Crippen molar-refractivity contribution in [3.8, 4) is 18.1 Å². The number of hydrogen-bond acceptors (Lipinski definition) is 2. The minimum Gasteiger partial charge on any atom is -0.489 e. The summed E-state index contributed by atoms with van der Waals surface area (Å²) in [7, 11) is 0. The molecule has 18 heavy (non-hydrogen) atoms. The maximum absolute atomic E-state index is 5.80. The summed E-state index contributed by atoms with van der Waals surface area (Å²) in [6.45, 7) is 7.82. The Morgan fingerprint density at radius 3 is 2.50 bits per heavy atom. The molecule has 1 rings (SSSR count). The summed E-state index contributed by atoms with van der Waals surface area (Å²) in [5, 5.41) is 3.13. The Balaban J connectivity index is 2.46. The van der Waals surface area contributed by atoms with Gasteiger partial charge in [0.25, 0.3) is 0 Å². The molecule has 0 aliphatic heterocycles. The van der Waals surface area contributed by atoms with E-state index < -0.39 is 0 Å². The van der Waals surface area contributed by atoms with Crippen LogP contribution in [0.1, 0.15) is 38.7 Å². The Labute approximate surface area is 111 Å². The Morgan fingerprint density at radius 2 is 1.94 bits per heavy atom. The molecule has 1 aromatic carbocycles. The topological polar surface area (TPSA) is 21.3 Å². The van der Waals surface area contributed by atoms with Gasteiger partial charge in [-0.05, 0) is 37.0 Å². The van der Waals surface area contributed by atoms with Gasteiger partial charge in [0, 0.05) is 6.54 Å². The number of rotatable bonds is 7. The minimum absolute atomic E-state index is 0.118. The highest BCUT2D eigenvalue weighted by Gasteiger charge is 2.05. The van der Waals surface area contributed by atoms with E-state index in [1.807, 2.05) is 19.1 Å². The molecule has 2 nitrogen and oxygen atoms in total. The molecule has 1 aromatic rings. The second-order valence-electron chi connectivity index (χ2n) is 4.64. The summed E-state index contributed by atoms with van der Waals surface area (Å²) in [6.07, 6.45) is 6.45. The molecule has 0 aliphatic carbocycles. The van der Waals surface area contributed by atoms with Crippen LogP contribution in [0.4, 0.5) is 0 Å². The van der Waals surface area contributed by atoms with Gasteiger partial charge in [0.05, 0.1) is 6.54 Å². The van der Waals surface area contributed by atoms with E-state index in [1.54, 1.807) is 0 Å². The van der Waals surface area contributed by atoms with E-state index in [4.69, 9.17) is 11.2 Å². The van der Waals surface area contributed by atoms with Gasteiger partial charge in [-0.1, -0.05) is 31.9 Å². The van der Waals surface area contributed by atoms with Crippen LogP contribution in [0.3, 0.4) is 0 Å². The zero-order valence-corrected chi connectivity index (χ0v) is 11.6. The maximum Gasteiger partial charge on any atom is 0.119 e. The Bertz CT molecular complexity index is 377. The lowest BCUT2D eigenvalue weighted by Crippen LogP contribution is -2.29. The summed E-state index contributed by atoms with van der Waals surface area (Å²) < 4.78 is 5.80. The molecule has 0 amide bonds. The van der Waals surface area contributed by atoms with Crippen LogP contribution < -0.4 is 10.1 Å². The van der Waals surface area contributed by atoms with Crippen molar-refractivity contribution in [2.75, 3.05) is 13.1 Å². The van der Waals surface area contributed by atoms with Gasteiger partial charge >= 0.3 is 0 Å². The van der Waals surface area contributed by atoms with E-state index in [1.165, 1.54) is 5.56 Å². The molecule has 0 saturated heterocycles. The monoisotopic (exact) mass is 245 g/mol. The molecule has 0 aromatic heterocycles. The number of nitrogens with one attached hydrogen (secondary N) is 1. The lowest BCUT2D eigenvalue weighted by molar-refractivity contribution is 0.219. The fourth-order valence-corrected chi connectivity index (χ4v) is 1.73. The molecule has 0 radical (unpaired) electrons. The first-order chi connectivity index (χ1) is 8.67. The van der Waals surface area contributed by atoms with Crippen molar-refractivity contribution < 1.29 is 4.74 Å². The largest absolute Gasteiger partial charge is 0.489 e. The molecule has 0 saturated carbocycles. The molecule has 2 atom stereocenters. The Kier molecular flexibility index (Phi) is 6.32. The molecule has 2 unspecified atom stereocenters. The summed E-state index contributed by atoms with van der Waals surface area (Å²) in [5.74, 6) is 4.07. The summed E-state index contributed by atoms with van der Waals surface area (Å²) in [5.41, 5.74) is 1.36. The van der Waals surface area contributed by atoms with Crippen molar-refractivity contribution in [1.29, 1.82) is 0 Å². The van der Waals surface area contributed by atoms with Crippen molar-refractivity contribution in [2.45, 2.75) is 39.2 Å². The van der Waals surface area contributed by atoms with Gasteiger partial charge in [0.15, 0.2) is 0 Å². The van der Waals surface area contributed by atoms with Gasteiger partial charge in [-0.15, -0.1) is 6.42 Å². The quantitative estimate of drug-likeness (QED) is 0.588. The predicted molar refractivity (Wildman–Crippen MR) is 76.9 cm³/mol. The number of ether oxygens (including phenoxy) is 1. The highest BCUT2D eigenvalue weighted by Crippen LogP contribution is 2.21. The molecular formula is C16H23NO. The molecule has 0 spiro atoms. The van der Waals surface area contributed by atoms with E-state index in [9.17, 15) is 0 Å². The average molecular weight is 245 g/mol. The van der Waals surface area contributed by atoms with Crippen molar-refractivity contribution >= 4 is 0 Å². The van der Waals surface area contributed by atoms with Crippen LogP contribution in [0, 0.1) is 12.3 Å². The van der Waals surface area contributed by atoms with Crippen LogP contribution in [0.25, 0.3) is 0 Å². The van der Waals surface area contributed by atoms with Crippen molar-refractivity contribution in [3.05, 3.63) is 29.8 Å². The first-order valence-corrected chi connectivity index (χ1v) is 6.58. The lowest BCUT2D eigenvalue weighted by Gasteiger charge is -2.16. The fraction of sp³-hybridized carbons (Fsp3) is 0.500. The van der Waals surface area contributed by atoms with Crippen LogP contribution in [0.15, 0.2) is 24.3 Å². The van der Waals surface area contributed by atoms with Crippen LogP contribution in [0.5, 0.6) is 5.75 Å². The van der Waals surface area contributed by atoms with Crippen molar-refractivity contribution in [3.63, 3.8) is 0 Å². The molecule has 1 N–H and O–H groups in total. The number of hydrogen-bond donors (Lipinski definition) is 1. The van der Waals surface area contributed by atoms with Crippen LogP contribution in [-0.4, -0.2) is 19.2 Å². The van der Waals surface area contributed by atoms with E-state index in [2.05, 4.69) is 37.2 Å². The van der Waals surface area contributed by atoms with Gasteiger partial charge in [-0.3, -0.25) is 0 Å².